The molecule has 0 aromatic heterocycles. The minimum absolute atomic E-state index is 0.0988. The van der Waals surface area contributed by atoms with Crippen LogP contribution in [0.1, 0.15) is 40.0 Å². The molecule has 0 spiro atoms. The first-order valence-electron chi connectivity index (χ1n) is 7.15. The van der Waals surface area contributed by atoms with E-state index in [9.17, 15) is 10.2 Å². The predicted octanol–water partition coefficient (Wildman–Crippen LogP) is 2.43. The third-order valence-corrected chi connectivity index (χ3v) is 4.56. The molecule has 0 saturated heterocycles. The summed E-state index contributed by atoms with van der Waals surface area (Å²) in [6.45, 7) is 6.40. The first-order chi connectivity index (χ1) is 9.43. The van der Waals surface area contributed by atoms with E-state index in [1.807, 2.05) is 0 Å². The molecule has 2 rings (SSSR count). The number of hydrogen-bond donors (Lipinski definition) is 2. The second kappa shape index (κ2) is 5.88. The van der Waals surface area contributed by atoms with Gasteiger partial charge in [-0.05, 0) is 37.3 Å². The Bertz CT molecular complexity index is 558. The van der Waals surface area contributed by atoms with Crippen LogP contribution in [0.5, 0.6) is 0 Å². The van der Waals surface area contributed by atoms with Gasteiger partial charge in [-0.3, -0.25) is 0 Å². The fourth-order valence-corrected chi connectivity index (χ4v) is 3.35. The van der Waals surface area contributed by atoms with E-state index in [1.165, 1.54) is 11.1 Å². The molecule has 2 aliphatic rings. The SMILES string of the molecule is CC1=C2C[C@@H](O)C#C/C=C\C#C[C@@H](O)[C@H](CC1)C2(C)C. The summed E-state index contributed by atoms with van der Waals surface area (Å²) >= 11 is 0. The Labute approximate surface area is 121 Å². The predicted molar refractivity (Wildman–Crippen MR) is 80.5 cm³/mol. The molecule has 2 aliphatic carbocycles. The highest BCUT2D eigenvalue weighted by Gasteiger charge is 2.40. The Balaban J connectivity index is 2.47. The molecule has 0 heterocycles. The van der Waals surface area contributed by atoms with E-state index in [4.69, 9.17) is 0 Å². The van der Waals surface area contributed by atoms with E-state index in [-0.39, 0.29) is 11.3 Å². The summed E-state index contributed by atoms with van der Waals surface area (Å²) in [5.41, 5.74) is 2.38. The largest absolute Gasteiger partial charge is 0.380 e. The van der Waals surface area contributed by atoms with E-state index in [0.29, 0.717) is 6.42 Å². The number of fused-ring (bicyclic) bond motifs is 2. The molecule has 2 heteroatoms. The lowest BCUT2D eigenvalue weighted by molar-refractivity contribution is 0.0724. The van der Waals surface area contributed by atoms with E-state index in [2.05, 4.69) is 44.5 Å². The van der Waals surface area contributed by atoms with Crippen LogP contribution in [0.25, 0.3) is 0 Å². The Kier molecular flexibility index (Phi) is 4.39. The summed E-state index contributed by atoms with van der Waals surface area (Å²) in [5.74, 6) is 11.5. The van der Waals surface area contributed by atoms with E-state index in [1.54, 1.807) is 12.2 Å². The van der Waals surface area contributed by atoms with Crippen molar-refractivity contribution < 1.29 is 10.2 Å². The topological polar surface area (TPSA) is 40.5 Å². The third-order valence-electron chi connectivity index (χ3n) is 4.56. The highest BCUT2D eigenvalue weighted by molar-refractivity contribution is 5.32. The van der Waals surface area contributed by atoms with Gasteiger partial charge in [-0.1, -0.05) is 48.7 Å². The Morgan fingerprint density at radius 1 is 1.15 bits per heavy atom. The van der Waals surface area contributed by atoms with Crippen LogP contribution < -0.4 is 0 Å². The summed E-state index contributed by atoms with van der Waals surface area (Å²) in [6, 6.07) is 0. The molecule has 0 aliphatic heterocycles. The number of aliphatic hydroxyl groups excluding tert-OH is 2. The number of hydrogen-bond acceptors (Lipinski definition) is 2. The average Bonchev–Trinajstić information content (AvgIpc) is 2.37. The van der Waals surface area contributed by atoms with Crippen molar-refractivity contribution in [2.45, 2.75) is 52.2 Å². The molecule has 2 N–H and O–H groups in total. The fourth-order valence-electron chi connectivity index (χ4n) is 3.35. The molecule has 0 aromatic carbocycles. The molecule has 0 radical (unpaired) electrons. The van der Waals surface area contributed by atoms with Crippen molar-refractivity contribution in [1.82, 2.24) is 0 Å². The van der Waals surface area contributed by atoms with Gasteiger partial charge in [0.1, 0.15) is 12.2 Å². The van der Waals surface area contributed by atoms with Gasteiger partial charge in [-0.25, -0.2) is 0 Å². The molecule has 0 saturated carbocycles. The van der Waals surface area contributed by atoms with Crippen LogP contribution in [0.15, 0.2) is 23.3 Å². The van der Waals surface area contributed by atoms with Crippen molar-refractivity contribution in [3.8, 4) is 23.7 Å². The molecule has 2 bridgehead atoms. The van der Waals surface area contributed by atoms with E-state index >= 15 is 0 Å². The normalized spacial score (nSPS) is 33.8. The van der Waals surface area contributed by atoms with Gasteiger partial charge in [0, 0.05) is 12.3 Å². The van der Waals surface area contributed by atoms with Gasteiger partial charge in [0.15, 0.2) is 0 Å². The molecule has 0 fully saturated rings. The maximum atomic E-state index is 10.4. The molecular weight excluding hydrogens is 248 g/mol. The minimum atomic E-state index is -0.660. The maximum absolute atomic E-state index is 10.4. The van der Waals surface area contributed by atoms with Crippen LogP contribution in [-0.2, 0) is 0 Å². The lowest BCUT2D eigenvalue weighted by Crippen LogP contribution is -2.39. The van der Waals surface area contributed by atoms with Crippen LogP contribution >= 0.6 is 0 Å². The van der Waals surface area contributed by atoms with Gasteiger partial charge in [0.25, 0.3) is 0 Å². The summed E-state index contributed by atoms with van der Waals surface area (Å²) in [4.78, 5) is 0. The summed E-state index contributed by atoms with van der Waals surface area (Å²) < 4.78 is 0. The number of rotatable bonds is 0. The van der Waals surface area contributed by atoms with Crippen molar-refractivity contribution in [2.24, 2.45) is 11.3 Å². The second-order valence-electron chi connectivity index (χ2n) is 6.20. The Morgan fingerprint density at radius 2 is 1.80 bits per heavy atom. The molecule has 0 amide bonds. The lowest BCUT2D eigenvalue weighted by Gasteiger charge is -2.43. The van der Waals surface area contributed by atoms with Crippen molar-refractivity contribution in [3.05, 3.63) is 23.3 Å². The van der Waals surface area contributed by atoms with Gasteiger partial charge in [0.05, 0.1) is 0 Å². The Hall–Kier alpha value is -1.48. The molecule has 0 unspecified atom stereocenters. The van der Waals surface area contributed by atoms with Gasteiger partial charge in [0.2, 0.25) is 0 Å². The lowest BCUT2D eigenvalue weighted by atomic mass is 9.62. The minimum Gasteiger partial charge on any atom is -0.380 e. The monoisotopic (exact) mass is 270 g/mol. The van der Waals surface area contributed by atoms with Gasteiger partial charge in [-0.15, -0.1) is 0 Å². The molecule has 0 aromatic rings. The summed E-state index contributed by atoms with van der Waals surface area (Å²) in [7, 11) is 0. The zero-order valence-corrected chi connectivity index (χ0v) is 12.4. The first kappa shape index (κ1) is 14.9. The molecular formula is C18H22O2. The zero-order chi connectivity index (χ0) is 14.8. The summed E-state index contributed by atoms with van der Waals surface area (Å²) in [6.07, 6.45) is 4.39. The van der Waals surface area contributed by atoms with Gasteiger partial charge >= 0.3 is 0 Å². The zero-order valence-electron chi connectivity index (χ0n) is 12.4. The number of allylic oxidation sites excluding steroid dienone is 3. The van der Waals surface area contributed by atoms with E-state index < -0.39 is 12.2 Å². The average molecular weight is 270 g/mol. The van der Waals surface area contributed by atoms with Gasteiger partial charge in [-0.2, -0.15) is 0 Å². The standard InChI is InChI=1S/C18H22O2/c1-13-10-11-15-17(20)9-7-5-4-6-8-14(19)12-16(13)18(15,2)3/h4-5,14-15,17,19-20H,10-12H2,1-3H3/b5-4-/t14-,15-,17+/m0/s1. The molecule has 20 heavy (non-hydrogen) atoms. The maximum Gasteiger partial charge on any atom is 0.118 e. The van der Waals surface area contributed by atoms with Crippen molar-refractivity contribution in [1.29, 1.82) is 0 Å². The van der Waals surface area contributed by atoms with Crippen molar-refractivity contribution in [3.63, 3.8) is 0 Å². The van der Waals surface area contributed by atoms with Crippen LogP contribution in [-0.4, -0.2) is 22.4 Å². The number of aliphatic hydroxyl groups is 2. The van der Waals surface area contributed by atoms with Crippen molar-refractivity contribution >= 4 is 0 Å². The fraction of sp³-hybridized carbons (Fsp3) is 0.556. The highest BCUT2D eigenvalue weighted by Crippen LogP contribution is 2.47. The van der Waals surface area contributed by atoms with E-state index in [0.717, 1.165) is 12.8 Å². The third kappa shape index (κ3) is 2.98. The van der Waals surface area contributed by atoms with Crippen molar-refractivity contribution in [2.75, 3.05) is 0 Å². The second-order valence-corrected chi connectivity index (χ2v) is 6.20. The molecule has 2 nitrogen and oxygen atoms in total. The molecule has 3 atom stereocenters. The Morgan fingerprint density at radius 3 is 2.50 bits per heavy atom. The van der Waals surface area contributed by atoms with Crippen LogP contribution in [0.4, 0.5) is 0 Å². The van der Waals surface area contributed by atoms with Gasteiger partial charge < -0.3 is 10.2 Å². The van der Waals surface area contributed by atoms with Crippen LogP contribution in [0.3, 0.4) is 0 Å². The smallest absolute Gasteiger partial charge is 0.118 e. The van der Waals surface area contributed by atoms with Crippen LogP contribution in [0, 0.1) is 35.0 Å². The summed E-state index contributed by atoms with van der Waals surface area (Å²) in [5, 5.41) is 20.4. The highest BCUT2D eigenvalue weighted by atomic mass is 16.3. The quantitative estimate of drug-likeness (QED) is 0.524. The first-order valence-corrected chi connectivity index (χ1v) is 7.15. The van der Waals surface area contributed by atoms with Crippen LogP contribution in [0.2, 0.25) is 0 Å². The molecule has 106 valence electrons.